The maximum absolute atomic E-state index is 10.9. The molecule has 2 heterocycles. The molecule has 9 heteroatoms. The van der Waals surface area contributed by atoms with Crippen LogP contribution in [0.4, 0.5) is 0 Å². The van der Waals surface area contributed by atoms with Crippen LogP contribution in [0.25, 0.3) is 0 Å². The third-order valence-electron chi connectivity index (χ3n) is 4.96. The van der Waals surface area contributed by atoms with Gasteiger partial charge in [0.1, 0.15) is 5.78 Å². The lowest BCUT2D eigenvalue weighted by Crippen LogP contribution is -2.00. The molecule has 0 fully saturated rings. The number of hydrogen-bond acceptors (Lipinski definition) is 6. The van der Waals surface area contributed by atoms with Gasteiger partial charge in [-0.1, -0.05) is 23.3 Å². The van der Waals surface area contributed by atoms with E-state index >= 15 is 0 Å². The quantitative estimate of drug-likeness (QED) is 0.174. The van der Waals surface area contributed by atoms with Gasteiger partial charge < -0.3 is 4.79 Å². The fraction of sp³-hybridized carbons (Fsp3) is 0.714. The summed E-state index contributed by atoms with van der Waals surface area (Å²) in [5, 5.41) is 16.8. The number of aromatic nitrogens is 6. The Morgan fingerprint density at radius 1 is 0.767 bits per heavy atom. The standard InChI is InChI=1S/C21H33IN6O2/c1-18(29)10-6-8-14-27-16-19(23-25-27)11-4-2-3-5-12-20-17-28(26-24-20)15-9-7-13-21(22)30/h16-17H,2-15H2,1H3. The Morgan fingerprint density at radius 2 is 1.27 bits per heavy atom. The summed E-state index contributed by atoms with van der Waals surface area (Å²) < 4.78 is 3.99. The first kappa shape index (κ1) is 24.6. The smallest absolute Gasteiger partial charge is 0.192 e. The number of carbonyl (C=O) groups excluding carboxylic acids is 2. The average Bonchev–Trinajstić information content (AvgIpc) is 3.34. The van der Waals surface area contributed by atoms with Gasteiger partial charge in [0.25, 0.3) is 0 Å². The second-order valence-corrected chi connectivity index (χ2v) is 9.03. The van der Waals surface area contributed by atoms with Gasteiger partial charge in [-0.3, -0.25) is 14.2 Å². The summed E-state index contributed by atoms with van der Waals surface area (Å²) >= 11 is 1.85. The minimum absolute atomic E-state index is 0.220. The van der Waals surface area contributed by atoms with Crippen molar-refractivity contribution in [3.05, 3.63) is 23.8 Å². The van der Waals surface area contributed by atoms with E-state index in [4.69, 9.17) is 0 Å². The van der Waals surface area contributed by atoms with Crippen molar-refractivity contribution in [1.29, 1.82) is 0 Å². The maximum Gasteiger partial charge on any atom is 0.192 e. The molecule has 0 bridgehead atoms. The van der Waals surface area contributed by atoms with Gasteiger partial charge in [0.05, 0.1) is 11.4 Å². The second-order valence-electron chi connectivity index (χ2n) is 7.83. The van der Waals surface area contributed by atoms with Gasteiger partial charge in [-0.05, 0) is 80.9 Å². The maximum atomic E-state index is 10.9. The van der Waals surface area contributed by atoms with E-state index in [1.807, 2.05) is 44.3 Å². The Morgan fingerprint density at radius 3 is 1.73 bits per heavy atom. The fourth-order valence-corrected chi connectivity index (χ4v) is 3.66. The first-order chi connectivity index (χ1) is 14.5. The van der Waals surface area contributed by atoms with E-state index in [2.05, 4.69) is 20.6 Å². The number of halogens is 1. The molecule has 0 aromatic carbocycles. The van der Waals surface area contributed by atoms with E-state index in [1.54, 1.807) is 6.92 Å². The lowest BCUT2D eigenvalue weighted by molar-refractivity contribution is -0.117. The summed E-state index contributed by atoms with van der Waals surface area (Å²) in [7, 11) is 0. The first-order valence-corrected chi connectivity index (χ1v) is 12.1. The summed E-state index contributed by atoms with van der Waals surface area (Å²) in [6.45, 7) is 3.29. The molecule has 0 aliphatic carbocycles. The number of aryl methyl sites for hydroxylation is 4. The molecule has 0 aliphatic rings. The summed E-state index contributed by atoms with van der Waals surface area (Å²) in [5.41, 5.74) is 2.10. The van der Waals surface area contributed by atoms with Gasteiger partial charge in [0.2, 0.25) is 0 Å². The molecule has 30 heavy (non-hydrogen) atoms. The van der Waals surface area contributed by atoms with Crippen molar-refractivity contribution >= 4 is 32.2 Å². The van der Waals surface area contributed by atoms with Crippen LogP contribution in [-0.4, -0.2) is 39.6 Å². The highest BCUT2D eigenvalue weighted by Crippen LogP contribution is 2.09. The topological polar surface area (TPSA) is 95.6 Å². The molecule has 0 radical (unpaired) electrons. The highest BCUT2D eigenvalue weighted by Gasteiger charge is 2.04. The van der Waals surface area contributed by atoms with E-state index in [9.17, 15) is 9.59 Å². The number of rotatable bonds is 17. The minimum atomic E-state index is 0.220. The zero-order chi connectivity index (χ0) is 21.6. The molecular formula is C21H33IN6O2. The Bertz CT molecular complexity index is 709. The normalized spacial score (nSPS) is 11.1. The molecule has 2 aromatic heterocycles. The van der Waals surface area contributed by atoms with Gasteiger partial charge in [0.15, 0.2) is 3.79 Å². The lowest BCUT2D eigenvalue weighted by atomic mass is 10.1. The molecule has 0 atom stereocenters. The second kappa shape index (κ2) is 14.4. The number of Topliss-reactive ketones (excluding diaryl/α,β-unsaturated/α-hetero) is 1. The molecule has 0 saturated carbocycles. The van der Waals surface area contributed by atoms with Crippen LogP contribution in [0.1, 0.15) is 82.5 Å². The minimum Gasteiger partial charge on any atom is -0.300 e. The average molecular weight is 528 g/mol. The molecule has 0 saturated heterocycles. The zero-order valence-corrected chi connectivity index (χ0v) is 20.1. The highest BCUT2D eigenvalue weighted by molar-refractivity contribution is 14.1. The molecule has 0 N–H and O–H groups in total. The Hall–Kier alpha value is -1.65. The van der Waals surface area contributed by atoms with Gasteiger partial charge in [0, 0.05) is 38.3 Å². The van der Waals surface area contributed by atoms with Crippen LogP contribution in [0.15, 0.2) is 12.4 Å². The number of hydrogen-bond donors (Lipinski definition) is 0. The molecule has 8 nitrogen and oxygen atoms in total. The first-order valence-electron chi connectivity index (χ1n) is 11.0. The number of nitrogens with zero attached hydrogens (tertiary/aromatic N) is 6. The molecule has 2 rings (SSSR count). The largest absolute Gasteiger partial charge is 0.300 e. The SMILES string of the molecule is CC(=O)CCCCn1cc(CCCCCCc2cn(CCCCC(=O)I)nn2)nn1. The predicted molar refractivity (Wildman–Crippen MR) is 123 cm³/mol. The molecule has 0 amide bonds. The van der Waals surface area contributed by atoms with Gasteiger partial charge in [-0.2, -0.15) is 0 Å². The van der Waals surface area contributed by atoms with Crippen LogP contribution < -0.4 is 0 Å². The number of carbonyl (C=O) groups is 2. The highest BCUT2D eigenvalue weighted by atomic mass is 127. The molecule has 0 spiro atoms. The lowest BCUT2D eigenvalue weighted by Gasteiger charge is -2.00. The van der Waals surface area contributed by atoms with Crippen molar-refractivity contribution < 1.29 is 9.59 Å². The summed E-state index contributed by atoms with van der Waals surface area (Å²) in [6, 6.07) is 0. The molecular weight excluding hydrogens is 495 g/mol. The van der Waals surface area contributed by atoms with Crippen molar-refractivity contribution in [2.45, 2.75) is 97.1 Å². The van der Waals surface area contributed by atoms with Crippen LogP contribution in [-0.2, 0) is 35.5 Å². The zero-order valence-electron chi connectivity index (χ0n) is 17.9. The monoisotopic (exact) mass is 528 g/mol. The van der Waals surface area contributed by atoms with E-state index in [-0.39, 0.29) is 9.57 Å². The van der Waals surface area contributed by atoms with Gasteiger partial charge >= 0.3 is 0 Å². The van der Waals surface area contributed by atoms with Crippen LogP contribution in [0.2, 0.25) is 0 Å². The summed E-state index contributed by atoms with van der Waals surface area (Å²) in [4.78, 5) is 21.9. The Labute approximate surface area is 192 Å². The van der Waals surface area contributed by atoms with Crippen LogP contribution in [0.3, 0.4) is 0 Å². The van der Waals surface area contributed by atoms with Crippen molar-refractivity contribution in [3.63, 3.8) is 0 Å². The van der Waals surface area contributed by atoms with Crippen molar-refractivity contribution in [2.24, 2.45) is 0 Å². The van der Waals surface area contributed by atoms with E-state index in [1.165, 1.54) is 12.8 Å². The molecule has 0 unspecified atom stereocenters. The van der Waals surface area contributed by atoms with E-state index in [0.29, 0.717) is 12.8 Å². The molecule has 166 valence electrons. The Balaban J connectivity index is 1.50. The summed E-state index contributed by atoms with van der Waals surface area (Å²) in [5.74, 6) is 0.250. The third kappa shape index (κ3) is 10.9. The van der Waals surface area contributed by atoms with E-state index < -0.39 is 0 Å². The van der Waals surface area contributed by atoms with Crippen LogP contribution in [0.5, 0.6) is 0 Å². The third-order valence-corrected chi connectivity index (χ3v) is 5.50. The number of ketones is 1. The fourth-order valence-electron chi connectivity index (χ4n) is 3.28. The van der Waals surface area contributed by atoms with Crippen molar-refractivity contribution in [2.75, 3.05) is 0 Å². The van der Waals surface area contributed by atoms with E-state index in [0.717, 1.165) is 75.8 Å². The molecule has 2 aromatic rings. The summed E-state index contributed by atoms with van der Waals surface area (Å²) in [6.07, 6.45) is 15.6. The van der Waals surface area contributed by atoms with Crippen molar-refractivity contribution in [3.8, 4) is 0 Å². The predicted octanol–water partition coefficient (Wildman–Crippen LogP) is 4.11. The number of unbranched alkanes of at least 4 members (excludes halogenated alkanes) is 5. The van der Waals surface area contributed by atoms with Crippen molar-refractivity contribution in [1.82, 2.24) is 30.0 Å². The van der Waals surface area contributed by atoms with Crippen LogP contribution in [0, 0.1) is 0 Å². The van der Waals surface area contributed by atoms with Gasteiger partial charge in [-0.25, -0.2) is 0 Å². The molecule has 0 aliphatic heterocycles. The Kier molecular flexibility index (Phi) is 11.8. The van der Waals surface area contributed by atoms with Gasteiger partial charge in [-0.15, -0.1) is 10.2 Å². The van der Waals surface area contributed by atoms with Crippen LogP contribution >= 0.6 is 22.6 Å².